The molecule has 0 amide bonds. The van der Waals surface area contributed by atoms with Crippen LogP contribution in [-0.2, 0) is 6.54 Å². The molecule has 7 nitrogen and oxygen atoms in total. The van der Waals surface area contributed by atoms with Crippen LogP contribution < -0.4 is 0 Å². The lowest BCUT2D eigenvalue weighted by Crippen LogP contribution is -2.13. The molecular formula is C20H13ClFN7. The van der Waals surface area contributed by atoms with Gasteiger partial charge < -0.3 is 0 Å². The topological polar surface area (TPSA) is 81.7 Å². The fourth-order valence-corrected chi connectivity index (χ4v) is 3.57. The van der Waals surface area contributed by atoms with Gasteiger partial charge in [-0.05, 0) is 42.8 Å². The number of halogens is 2. The van der Waals surface area contributed by atoms with Gasteiger partial charge in [-0.15, -0.1) is 15.3 Å². The number of hydrogen-bond donors (Lipinski definition) is 0. The first-order chi connectivity index (χ1) is 14.1. The van der Waals surface area contributed by atoms with Crippen molar-refractivity contribution in [3.63, 3.8) is 0 Å². The Labute approximate surface area is 170 Å². The first-order valence-corrected chi connectivity index (χ1v) is 9.20. The summed E-state index contributed by atoms with van der Waals surface area (Å²) in [6.07, 6.45) is 3.11. The molecule has 4 aromatic rings. The summed E-state index contributed by atoms with van der Waals surface area (Å²) in [4.78, 5) is 8.83. The maximum Gasteiger partial charge on any atom is 0.189 e. The van der Waals surface area contributed by atoms with Crippen LogP contribution in [-0.4, -0.2) is 35.7 Å². The van der Waals surface area contributed by atoms with Crippen molar-refractivity contribution in [2.24, 2.45) is 4.99 Å². The zero-order valence-corrected chi connectivity index (χ0v) is 16.0. The summed E-state index contributed by atoms with van der Waals surface area (Å²) < 4.78 is 16.4. The van der Waals surface area contributed by atoms with Crippen molar-refractivity contribution in [1.82, 2.24) is 29.9 Å². The standard InChI is InChI=1S/C20H13ClFN7/c1-11-6-7-14-16(17(11)21)19(18-12(22)4-2-8-23-18)24-10-15-27-28-20(29(14)15)13-5-3-9-25-26-13/h2-9H,10H2,1H3. The van der Waals surface area contributed by atoms with Gasteiger partial charge in [0.2, 0.25) is 0 Å². The van der Waals surface area contributed by atoms with E-state index in [0.717, 1.165) is 5.56 Å². The van der Waals surface area contributed by atoms with E-state index in [4.69, 9.17) is 11.6 Å². The fraction of sp³-hybridized carbons (Fsp3) is 0.100. The van der Waals surface area contributed by atoms with E-state index in [2.05, 4.69) is 30.4 Å². The number of rotatable bonds is 2. The second kappa shape index (κ2) is 6.82. The Bertz CT molecular complexity index is 1270. The maximum atomic E-state index is 14.6. The molecular weight excluding hydrogens is 393 g/mol. The Morgan fingerprint density at radius 2 is 1.90 bits per heavy atom. The predicted octanol–water partition coefficient (Wildman–Crippen LogP) is 3.57. The molecule has 0 unspecified atom stereocenters. The highest BCUT2D eigenvalue weighted by atomic mass is 35.5. The third kappa shape index (κ3) is 2.80. The summed E-state index contributed by atoms with van der Waals surface area (Å²) in [5.41, 5.74) is 3.17. The second-order valence-electron chi connectivity index (χ2n) is 6.47. The summed E-state index contributed by atoms with van der Waals surface area (Å²) in [5.74, 6) is 0.618. The van der Waals surface area contributed by atoms with Gasteiger partial charge >= 0.3 is 0 Å². The van der Waals surface area contributed by atoms with Gasteiger partial charge in [0, 0.05) is 18.0 Å². The molecule has 0 saturated heterocycles. The number of fused-ring (bicyclic) bond motifs is 3. The van der Waals surface area contributed by atoms with Gasteiger partial charge in [-0.1, -0.05) is 17.7 Å². The maximum absolute atomic E-state index is 14.6. The first-order valence-electron chi connectivity index (χ1n) is 8.82. The average molecular weight is 406 g/mol. The molecule has 29 heavy (non-hydrogen) atoms. The van der Waals surface area contributed by atoms with Crippen molar-refractivity contribution in [3.05, 3.63) is 82.3 Å². The van der Waals surface area contributed by atoms with Gasteiger partial charge in [-0.3, -0.25) is 14.5 Å². The molecule has 1 aliphatic rings. The van der Waals surface area contributed by atoms with Crippen molar-refractivity contribution >= 4 is 17.3 Å². The fourth-order valence-electron chi connectivity index (χ4n) is 3.32. The molecule has 5 rings (SSSR count). The number of benzene rings is 1. The summed E-state index contributed by atoms with van der Waals surface area (Å²) in [6.45, 7) is 2.07. The number of aromatic nitrogens is 6. The summed E-state index contributed by atoms with van der Waals surface area (Å²) in [6, 6.07) is 10.2. The molecule has 0 saturated carbocycles. The van der Waals surface area contributed by atoms with Gasteiger partial charge in [-0.2, -0.15) is 5.10 Å². The Hall–Kier alpha value is -3.52. The highest BCUT2D eigenvalue weighted by Gasteiger charge is 2.28. The van der Waals surface area contributed by atoms with Gasteiger partial charge in [-0.25, -0.2) is 4.39 Å². The van der Waals surface area contributed by atoms with Crippen LogP contribution in [0.2, 0.25) is 5.02 Å². The Balaban J connectivity index is 1.82. The van der Waals surface area contributed by atoms with Crippen LogP contribution in [0.1, 0.15) is 22.6 Å². The number of nitrogens with zero attached hydrogens (tertiary/aromatic N) is 7. The van der Waals surface area contributed by atoms with Crippen LogP contribution in [0.3, 0.4) is 0 Å². The van der Waals surface area contributed by atoms with Gasteiger partial charge in [0.1, 0.15) is 17.9 Å². The lowest BCUT2D eigenvalue weighted by atomic mass is 10.0. The second-order valence-corrected chi connectivity index (χ2v) is 6.85. The van der Waals surface area contributed by atoms with Crippen LogP contribution in [0.4, 0.5) is 4.39 Å². The minimum Gasteiger partial charge on any atom is -0.275 e. The van der Waals surface area contributed by atoms with E-state index in [-0.39, 0.29) is 12.2 Å². The Kier molecular flexibility index (Phi) is 4.13. The van der Waals surface area contributed by atoms with E-state index in [0.29, 0.717) is 39.3 Å². The van der Waals surface area contributed by atoms with E-state index < -0.39 is 5.82 Å². The van der Waals surface area contributed by atoms with Crippen molar-refractivity contribution in [2.45, 2.75) is 13.5 Å². The third-order valence-corrected chi connectivity index (χ3v) is 5.17. The molecule has 0 fully saturated rings. The minimum absolute atomic E-state index is 0.140. The summed E-state index contributed by atoms with van der Waals surface area (Å²) >= 11 is 6.70. The lowest BCUT2D eigenvalue weighted by molar-refractivity contribution is 0.618. The van der Waals surface area contributed by atoms with Crippen molar-refractivity contribution < 1.29 is 4.39 Å². The van der Waals surface area contributed by atoms with Crippen LogP contribution in [0.5, 0.6) is 0 Å². The molecule has 0 aliphatic carbocycles. The van der Waals surface area contributed by atoms with Gasteiger partial charge in [0.05, 0.1) is 16.4 Å². The third-order valence-electron chi connectivity index (χ3n) is 4.68. The lowest BCUT2D eigenvalue weighted by Gasteiger charge is -2.16. The Morgan fingerprint density at radius 3 is 2.69 bits per heavy atom. The quantitative estimate of drug-likeness (QED) is 0.509. The van der Waals surface area contributed by atoms with Gasteiger partial charge in [0.25, 0.3) is 0 Å². The van der Waals surface area contributed by atoms with Crippen LogP contribution in [0, 0.1) is 12.7 Å². The normalized spacial score (nSPS) is 12.7. The summed E-state index contributed by atoms with van der Waals surface area (Å²) in [7, 11) is 0. The highest BCUT2D eigenvalue weighted by molar-refractivity contribution is 6.36. The molecule has 142 valence electrons. The Morgan fingerprint density at radius 1 is 1.03 bits per heavy atom. The number of pyridine rings is 1. The van der Waals surface area contributed by atoms with E-state index in [1.807, 2.05) is 23.6 Å². The van der Waals surface area contributed by atoms with E-state index in [1.54, 1.807) is 18.3 Å². The van der Waals surface area contributed by atoms with Crippen molar-refractivity contribution in [3.8, 4) is 17.2 Å². The monoisotopic (exact) mass is 405 g/mol. The average Bonchev–Trinajstić information content (AvgIpc) is 3.09. The van der Waals surface area contributed by atoms with Gasteiger partial charge in [0.15, 0.2) is 17.5 Å². The van der Waals surface area contributed by atoms with E-state index >= 15 is 0 Å². The molecule has 0 spiro atoms. The largest absolute Gasteiger partial charge is 0.275 e. The molecule has 1 aliphatic heterocycles. The molecule has 4 heterocycles. The number of aliphatic imine (C=N–C) groups is 1. The van der Waals surface area contributed by atoms with Crippen LogP contribution in [0.15, 0.2) is 53.8 Å². The smallest absolute Gasteiger partial charge is 0.189 e. The van der Waals surface area contributed by atoms with E-state index in [1.165, 1.54) is 18.3 Å². The molecule has 0 bridgehead atoms. The molecule has 0 N–H and O–H groups in total. The van der Waals surface area contributed by atoms with Crippen LogP contribution in [0.25, 0.3) is 17.2 Å². The zero-order valence-electron chi connectivity index (χ0n) is 15.2. The zero-order chi connectivity index (χ0) is 20.0. The van der Waals surface area contributed by atoms with Crippen LogP contribution >= 0.6 is 11.6 Å². The first kappa shape index (κ1) is 17.6. The molecule has 0 radical (unpaired) electrons. The van der Waals surface area contributed by atoms with E-state index in [9.17, 15) is 4.39 Å². The SMILES string of the molecule is Cc1ccc2c(c1Cl)C(c1ncccc1F)=NCc1nnc(-c3cccnn3)n1-2. The predicted molar refractivity (Wildman–Crippen MR) is 106 cm³/mol. The molecule has 1 aromatic carbocycles. The number of aryl methyl sites for hydroxylation is 1. The summed E-state index contributed by atoms with van der Waals surface area (Å²) in [5, 5.41) is 17.1. The molecule has 0 atom stereocenters. The van der Waals surface area contributed by atoms with Crippen molar-refractivity contribution in [1.29, 1.82) is 0 Å². The molecule has 9 heteroatoms. The number of hydrogen-bond acceptors (Lipinski definition) is 6. The molecule has 3 aromatic heterocycles. The minimum atomic E-state index is -0.471. The highest BCUT2D eigenvalue weighted by Crippen LogP contribution is 2.34. The van der Waals surface area contributed by atoms with Crippen molar-refractivity contribution in [2.75, 3.05) is 0 Å².